The van der Waals surface area contributed by atoms with Crippen molar-refractivity contribution >= 4 is 24.3 Å². The van der Waals surface area contributed by atoms with Gasteiger partial charge in [-0.05, 0) is 104 Å². The molecule has 6 rings (SSSR count). The van der Waals surface area contributed by atoms with Crippen LogP contribution in [0.4, 0.5) is 0 Å². The van der Waals surface area contributed by atoms with Crippen molar-refractivity contribution in [1.29, 1.82) is 0 Å². The minimum atomic E-state index is -1.35. The minimum Gasteiger partial charge on any atom is -0.457 e. The summed E-state index contributed by atoms with van der Waals surface area (Å²) < 4.78 is 23.8. The van der Waals surface area contributed by atoms with Crippen molar-refractivity contribution in [2.45, 2.75) is 142 Å². The van der Waals surface area contributed by atoms with Gasteiger partial charge in [-0.2, -0.15) is 0 Å². The molecular formula is C36H55NO9. The number of hydrogen-bond acceptors (Lipinski definition) is 10. The van der Waals surface area contributed by atoms with Gasteiger partial charge >= 0.3 is 5.97 Å². The van der Waals surface area contributed by atoms with E-state index in [4.69, 9.17) is 24.7 Å². The molecule has 5 saturated carbocycles. The summed E-state index contributed by atoms with van der Waals surface area (Å²) in [5.74, 6) is 0.230. The van der Waals surface area contributed by atoms with Gasteiger partial charge in [-0.25, -0.2) is 0 Å². The van der Waals surface area contributed by atoms with Gasteiger partial charge < -0.3 is 34.6 Å². The van der Waals surface area contributed by atoms with Gasteiger partial charge in [0.2, 0.25) is 6.29 Å². The van der Waals surface area contributed by atoms with Gasteiger partial charge in [0.1, 0.15) is 19.0 Å². The molecule has 3 unspecified atom stereocenters. The van der Waals surface area contributed by atoms with Crippen LogP contribution in [0.1, 0.15) is 100 Å². The molecule has 10 nitrogen and oxygen atoms in total. The van der Waals surface area contributed by atoms with Gasteiger partial charge in [-0.3, -0.25) is 14.4 Å². The van der Waals surface area contributed by atoms with Crippen molar-refractivity contribution in [3.05, 3.63) is 0 Å². The molecule has 0 bridgehead atoms. The highest BCUT2D eigenvalue weighted by atomic mass is 16.7. The van der Waals surface area contributed by atoms with Crippen LogP contribution in [0.3, 0.4) is 0 Å². The number of rotatable bonds is 9. The van der Waals surface area contributed by atoms with E-state index in [1.165, 1.54) is 6.92 Å². The summed E-state index contributed by atoms with van der Waals surface area (Å²) in [6, 6.07) is 0. The van der Waals surface area contributed by atoms with Gasteiger partial charge in [-0.15, -0.1) is 0 Å². The third kappa shape index (κ3) is 4.24. The fourth-order valence-electron chi connectivity index (χ4n) is 13.1. The van der Waals surface area contributed by atoms with E-state index in [0.717, 1.165) is 38.5 Å². The number of hydrogen-bond donors (Lipinski definition) is 2. The largest absolute Gasteiger partial charge is 0.457 e. The van der Waals surface area contributed by atoms with E-state index in [9.17, 15) is 24.3 Å². The Bertz CT molecular complexity index is 1280. The lowest BCUT2D eigenvalue weighted by molar-refractivity contribution is -0.218. The molecule has 0 aromatic heterocycles. The van der Waals surface area contributed by atoms with Crippen molar-refractivity contribution in [1.82, 2.24) is 0 Å². The minimum absolute atomic E-state index is 0.0165. The number of fused-ring (bicyclic) bond motifs is 4. The summed E-state index contributed by atoms with van der Waals surface area (Å²) in [6.45, 7) is 15.6. The number of carbonyl (C=O) groups excluding carboxylic acids is 4. The van der Waals surface area contributed by atoms with E-state index in [1.807, 2.05) is 0 Å². The summed E-state index contributed by atoms with van der Waals surface area (Å²) in [5, 5.41) is 11.0. The lowest BCUT2D eigenvalue weighted by Gasteiger charge is -2.62. The summed E-state index contributed by atoms with van der Waals surface area (Å²) in [6.07, 6.45) is 3.60. The molecule has 0 amide bonds. The summed E-state index contributed by atoms with van der Waals surface area (Å²) in [7, 11) is 0. The summed E-state index contributed by atoms with van der Waals surface area (Å²) in [5.41, 5.74) is 4.51. The predicted octanol–water partition coefficient (Wildman–Crippen LogP) is 3.77. The Morgan fingerprint density at radius 1 is 1.09 bits per heavy atom. The number of carbonyl (C=O) groups is 4. The van der Waals surface area contributed by atoms with E-state index in [1.54, 1.807) is 13.8 Å². The maximum atomic E-state index is 14.9. The zero-order chi connectivity index (χ0) is 33.8. The fourth-order valence-corrected chi connectivity index (χ4v) is 13.1. The number of nitrogens with two attached hydrogens (primary N) is 1. The maximum absolute atomic E-state index is 14.9. The number of ketones is 1. The molecule has 258 valence electrons. The molecular weight excluding hydrogens is 590 g/mol. The third-order valence-corrected chi connectivity index (χ3v) is 14.7. The van der Waals surface area contributed by atoms with Crippen LogP contribution in [-0.4, -0.2) is 77.9 Å². The van der Waals surface area contributed by atoms with E-state index in [2.05, 4.69) is 34.6 Å². The second-order valence-electron chi connectivity index (χ2n) is 17.1. The monoisotopic (exact) mass is 645 g/mol. The fraction of sp³-hybridized carbons (Fsp3) is 0.889. The first-order valence-electron chi connectivity index (χ1n) is 17.4. The molecule has 6 fully saturated rings. The topological polar surface area (TPSA) is 151 Å². The molecule has 5 aliphatic carbocycles. The highest BCUT2D eigenvalue weighted by Crippen LogP contribution is 2.89. The molecule has 0 radical (unpaired) electrons. The molecule has 2 spiro atoms. The number of ether oxygens (including phenoxy) is 4. The maximum Gasteiger partial charge on any atom is 0.303 e. The molecule has 0 aromatic rings. The van der Waals surface area contributed by atoms with Crippen molar-refractivity contribution in [3.63, 3.8) is 0 Å². The third-order valence-electron chi connectivity index (χ3n) is 14.7. The van der Waals surface area contributed by atoms with Crippen molar-refractivity contribution < 1.29 is 43.2 Å². The quantitative estimate of drug-likeness (QED) is 0.215. The molecule has 10 heteroatoms. The van der Waals surface area contributed by atoms with Crippen LogP contribution in [0.2, 0.25) is 0 Å². The SMILES string of the molecule is CC(=O)O[C@@H](C1C[C@@H](C)[C@H]2C(O1)C(=O)[C@@]1(N)C3CC[C@H]4C(C)(C)[C@@H](O[C@@H](C=O)OCC=O)CC[C@@]45[C@@H](C)[C@@]35CC[C@]21C)C(C)(C)O. The van der Waals surface area contributed by atoms with Crippen molar-refractivity contribution in [3.8, 4) is 0 Å². The van der Waals surface area contributed by atoms with Crippen LogP contribution >= 0.6 is 0 Å². The Labute approximate surface area is 273 Å². The van der Waals surface area contributed by atoms with Crippen molar-refractivity contribution in [2.75, 3.05) is 6.61 Å². The first-order chi connectivity index (χ1) is 21.4. The smallest absolute Gasteiger partial charge is 0.303 e. The molecule has 1 saturated heterocycles. The molecule has 6 aliphatic rings. The van der Waals surface area contributed by atoms with Crippen LogP contribution in [-0.2, 0) is 38.1 Å². The highest BCUT2D eigenvalue weighted by Gasteiger charge is 2.88. The van der Waals surface area contributed by atoms with Gasteiger partial charge in [-0.1, -0.05) is 34.6 Å². The predicted molar refractivity (Wildman–Crippen MR) is 167 cm³/mol. The second-order valence-corrected chi connectivity index (χ2v) is 17.1. The Balaban J connectivity index is 1.30. The standard InChI is InChI=1S/C36H55NO9/c1-19-17-22(30(32(6,7)42)44-21(3)40)45-28-27(19)33(8)13-14-35-20(2)34(35)12-11-25(46-26(18-39)43-16-15-38)31(4,5)23(34)9-10-24(35)36(33,37)29(28)41/h15,18-20,22-28,30,42H,9-14,16-17,37H2,1-8H3/t19-,20-,22?,23+,24?,25+,26+,27+,28?,30+,33-,34-,35+,36+/m1/s1. The highest BCUT2D eigenvalue weighted by molar-refractivity contribution is 5.97. The van der Waals surface area contributed by atoms with Gasteiger partial charge in [0.25, 0.3) is 0 Å². The van der Waals surface area contributed by atoms with Gasteiger partial charge in [0.05, 0.1) is 23.3 Å². The molecule has 14 atom stereocenters. The zero-order valence-electron chi connectivity index (χ0n) is 28.9. The average molecular weight is 646 g/mol. The second kappa shape index (κ2) is 10.9. The van der Waals surface area contributed by atoms with Crippen LogP contribution in [0.15, 0.2) is 0 Å². The van der Waals surface area contributed by atoms with Crippen molar-refractivity contribution in [2.24, 2.45) is 57.0 Å². The average Bonchev–Trinajstić information content (AvgIpc) is 3.44. The first kappa shape index (κ1) is 34.2. The molecule has 0 aromatic carbocycles. The number of aldehydes is 2. The van der Waals surface area contributed by atoms with Crippen LogP contribution in [0.25, 0.3) is 0 Å². The Kier molecular flexibility index (Phi) is 8.09. The van der Waals surface area contributed by atoms with Gasteiger partial charge in [0.15, 0.2) is 18.2 Å². The van der Waals surface area contributed by atoms with E-state index in [-0.39, 0.29) is 52.5 Å². The van der Waals surface area contributed by atoms with Crippen LogP contribution in [0, 0.1) is 51.2 Å². The van der Waals surface area contributed by atoms with Gasteiger partial charge in [0, 0.05) is 12.8 Å². The molecule has 46 heavy (non-hydrogen) atoms. The zero-order valence-corrected chi connectivity index (χ0v) is 28.9. The van der Waals surface area contributed by atoms with E-state index in [0.29, 0.717) is 30.8 Å². The number of esters is 1. The molecule has 3 N–H and O–H groups in total. The lowest BCUT2D eigenvalue weighted by Crippen LogP contribution is -2.69. The Morgan fingerprint density at radius 3 is 2.35 bits per heavy atom. The Hall–Kier alpha value is -1.72. The van der Waals surface area contributed by atoms with E-state index < -0.39 is 47.1 Å². The summed E-state index contributed by atoms with van der Waals surface area (Å²) in [4.78, 5) is 49.5. The number of Topliss-reactive ketones (excluding diaryl/α,β-unsaturated/α-hetero) is 1. The van der Waals surface area contributed by atoms with E-state index >= 15 is 0 Å². The van der Waals surface area contributed by atoms with Crippen LogP contribution in [0.5, 0.6) is 0 Å². The Morgan fingerprint density at radius 2 is 1.74 bits per heavy atom. The van der Waals surface area contributed by atoms with Crippen LogP contribution < -0.4 is 5.73 Å². The lowest BCUT2D eigenvalue weighted by atomic mass is 9.43. The summed E-state index contributed by atoms with van der Waals surface area (Å²) >= 11 is 0. The molecule has 1 heterocycles. The number of aliphatic hydroxyl groups is 1. The molecule has 1 aliphatic heterocycles. The first-order valence-corrected chi connectivity index (χ1v) is 17.4. The normalized spacial score (nSPS) is 48.4.